The maximum Gasteiger partial charge on any atom is 0.302 e. The van der Waals surface area contributed by atoms with Gasteiger partial charge in [-0.05, 0) is 6.92 Å². The first kappa shape index (κ1) is 14.8. The summed E-state index contributed by atoms with van der Waals surface area (Å²) < 4.78 is 20.6. The lowest BCUT2D eigenvalue weighted by atomic mass is 9.99. The second-order valence-electron chi connectivity index (χ2n) is 5.29. The minimum Gasteiger partial charge on any atom is -0.393 e. The number of aliphatic hydroxyl groups is 3. The number of nitrogens with zero attached hydrogens (tertiary/aromatic N) is 4. The van der Waals surface area contributed by atoms with Crippen LogP contribution in [0.15, 0.2) is 11.1 Å². The molecular weight excluding hydrogens is 301 g/mol. The summed E-state index contributed by atoms with van der Waals surface area (Å²) in [5.74, 6) is -0.683. The van der Waals surface area contributed by atoms with Crippen molar-refractivity contribution in [3.8, 4) is 0 Å². The van der Waals surface area contributed by atoms with E-state index in [-0.39, 0.29) is 16.0 Å². The summed E-state index contributed by atoms with van der Waals surface area (Å²) in [5.41, 5.74) is 2.35. The van der Waals surface area contributed by atoms with Crippen molar-refractivity contribution in [1.29, 1.82) is 0 Å². The summed E-state index contributed by atoms with van der Waals surface area (Å²) in [5, 5.41) is 29.4. The summed E-state index contributed by atoms with van der Waals surface area (Å²) in [7, 11) is 0. The van der Waals surface area contributed by atoms with Crippen molar-refractivity contribution in [3.05, 3.63) is 16.7 Å². The Hall–Kier alpha value is -2.08. The van der Waals surface area contributed by atoms with Gasteiger partial charge in [-0.1, -0.05) is 4.48 Å². The molecule has 11 heteroatoms. The highest BCUT2D eigenvalue weighted by Gasteiger charge is 2.52. The topological polar surface area (TPSA) is 149 Å². The first-order chi connectivity index (χ1) is 10.3. The molecule has 3 rings (SSSR count). The fourth-order valence-corrected chi connectivity index (χ4v) is 2.48. The second kappa shape index (κ2) is 4.71. The largest absolute Gasteiger partial charge is 0.393 e. The highest BCUT2D eigenvalue weighted by atomic mass is 19.2. The van der Waals surface area contributed by atoms with Crippen LogP contribution < -0.4 is 11.3 Å². The number of nitrogens with two attached hydrogens (primary N) is 1. The maximum atomic E-state index is 14.1. The molecule has 1 fully saturated rings. The number of fused-ring (bicyclic) bond motifs is 1. The van der Waals surface area contributed by atoms with Crippen molar-refractivity contribution in [1.82, 2.24) is 19.3 Å². The van der Waals surface area contributed by atoms with Crippen LogP contribution in [-0.2, 0) is 4.74 Å². The predicted molar refractivity (Wildman–Crippen MR) is 70.3 cm³/mol. The van der Waals surface area contributed by atoms with Gasteiger partial charge in [0.15, 0.2) is 17.4 Å². The lowest BCUT2D eigenvalue weighted by Gasteiger charge is -2.24. The van der Waals surface area contributed by atoms with Crippen molar-refractivity contribution >= 4 is 17.1 Å². The monoisotopic (exact) mass is 315 g/mol. The molecule has 5 N–H and O–H groups in total. The van der Waals surface area contributed by atoms with Crippen molar-refractivity contribution in [2.24, 2.45) is 0 Å². The summed E-state index contributed by atoms with van der Waals surface area (Å²) >= 11 is 0. The molecule has 2 aromatic heterocycles. The van der Waals surface area contributed by atoms with Crippen LogP contribution in [0, 0.1) is 0 Å². The van der Waals surface area contributed by atoms with Gasteiger partial charge < -0.3 is 25.8 Å². The first-order valence-corrected chi connectivity index (χ1v) is 6.36. The summed E-state index contributed by atoms with van der Waals surface area (Å²) in [6.07, 6.45) is -3.09. The van der Waals surface area contributed by atoms with Crippen LogP contribution in [0.2, 0.25) is 0 Å². The molecule has 0 spiro atoms. The normalized spacial score (nSPS) is 32.0. The number of halogens is 1. The zero-order valence-corrected chi connectivity index (χ0v) is 11.4. The highest BCUT2D eigenvalue weighted by Crippen LogP contribution is 2.37. The van der Waals surface area contributed by atoms with Crippen LogP contribution in [0.1, 0.15) is 13.2 Å². The Kier molecular flexibility index (Phi) is 3.18. The van der Waals surface area contributed by atoms with Crippen LogP contribution in [0.5, 0.6) is 0 Å². The van der Waals surface area contributed by atoms with Crippen LogP contribution in [0.4, 0.5) is 10.4 Å². The summed E-state index contributed by atoms with van der Waals surface area (Å²) in [6.45, 7) is 0.818. The Morgan fingerprint density at radius 2 is 2.23 bits per heavy atom. The number of aromatic nitrogens is 4. The Labute approximate surface area is 122 Å². The molecule has 2 unspecified atom stereocenters. The molecule has 0 saturated carbocycles. The molecule has 0 aliphatic carbocycles. The molecule has 0 bridgehead atoms. The molecule has 10 nitrogen and oxygen atoms in total. The fraction of sp³-hybridized carbons (Fsp3) is 0.545. The number of aliphatic hydroxyl groups excluding tert-OH is 3. The average Bonchev–Trinajstić information content (AvgIpc) is 3.01. The Bertz CT molecular complexity index is 791. The van der Waals surface area contributed by atoms with E-state index in [9.17, 15) is 24.6 Å². The molecule has 1 saturated heterocycles. The minimum absolute atomic E-state index is 0.0687. The number of hydrogen-bond donors (Lipinski definition) is 4. The van der Waals surface area contributed by atoms with Crippen molar-refractivity contribution in [2.45, 2.75) is 31.0 Å². The predicted octanol–water partition coefficient (Wildman–Crippen LogP) is -2.09. The lowest BCUT2D eigenvalue weighted by molar-refractivity contribution is -0.116. The maximum absolute atomic E-state index is 14.1. The van der Waals surface area contributed by atoms with Crippen molar-refractivity contribution in [3.63, 3.8) is 0 Å². The number of nitrogen functional groups attached to an aromatic ring is 1. The van der Waals surface area contributed by atoms with Gasteiger partial charge in [-0.25, -0.2) is 4.98 Å². The minimum atomic E-state index is -1.47. The number of hydrogen-bond acceptors (Lipinski definition) is 8. The standard InChI is InChI=1S/C11H14FN5O5/c1-11(2-18)6(20)5(19)9(22-11)16-3-14-4-7(21)15-10(13)17(12)8(4)16/h3,5-6,9,18-20H,2H2,1H3,(H2,13,15,21)/t5?,6?,9-,11-/m1/s1. The molecule has 3 heterocycles. The van der Waals surface area contributed by atoms with E-state index in [1.54, 1.807) is 0 Å². The van der Waals surface area contributed by atoms with E-state index >= 15 is 0 Å². The molecular formula is C11H14FN5O5. The van der Waals surface area contributed by atoms with Crippen molar-refractivity contribution in [2.75, 3.05) is 12.3 Å². The second-order valence-corrected chi connectivity index (χ2v) is 5.29. The van der Waals surface area contributed by atoms with Crippen LogP contribution in [-0.4, -0.2) is 59.1 Å². The number of ether oxygens (including phenoxy) is 1. The van der Waals surface area contributed by atoms with E-state index in [1.807, 2.05) is 0 Å². The van der Waals surface area contributed by atoms with E-state index in [0.717, 1.165) is 10.9 Å². The Balaban J connectivity index is 2.18. The highest BCUT2D eigenvalue weighted by molar-refractivity contribution is 5.71. The molecule has 22 heavy (non-hydrogen) atoms. The van der Waals surface area contributed by atoms with Gasteiger partial charge >= 0.3 is 5.56 Å². The van der Waals surface area contributed by atoms with E-state index in [0.29, 0.717) is 0 Å². The van der Waals surface area contributed by atoms with Gasteiger partial charge in [0.1, 0.15) is 17.8 Å². The molecule has 0 radical (unpaired) electrons. The van der Waals surface area contributed by atoms with E-state index in [1.165, 1.54) is 6.92 Å². The Morgan fingerprint density at radius 1 is 1.55 bits per heavy atom. The van der Waals surface area contributed by atoms with Gasteiger partial charge in [-0.3, -0.25) is 9.36 Å². The third-order valence-electron chi connectivity index (χ3n) is 3.79. The van der Waals surface area contributed by atoms with E-state index in [2.05, 4.69) is 9.97 Å². The lowest BCUT2D eigenvalue weighted by Crippen LogP contribution is -2.43. The number of imidazole rings is 1. The zero-order valence-electron chi connectivity index (χ0n) is 11.4. The number of rotatable bonds is 2. The molecule has 0 aromatic carbocycles. The van der Waals surface area contributed by atoms with Crippen LogP contribution in [0.3, 0.4) is 0 Å². The number of anilines is 1. The average molecular weight is 315 g/mol. The third kappa shape index (κ3) is 1.83. The van der Waals surface area contributed by atoms with E-state index < -0.39 is 42.2 Å². The summed E-state index contributed by atoms with van der Waals surface area (Å²) in [6, 6.07) is 0. The molecule has 4 atom stereocenters. The van der Waals surface area contributed by atoms with Crippen LogP contribution in [0.25, 0.3) is 11.2 Å². The SMILES string of the molecule is C[C@]1(CO)O[C@@H](n2cnc3c(=O)nc(N)n(F)c32)C(O)C1O. The van der Waals surface area contributed by atoms with Crippen molar-refractivity contribution < 1.29 is 24.5 Å². The van der Waals surface area contributed by atoms with Gasteiger partial charge in [0.05, 0.1) is 12.9 Å². The van der Waals surface area contributed by atoms with Gasteiger partial charge in [-0.2, -0.15) is 4.98 Å². The van der Waals surface area contributed by atoms with Gasteiger partial charge in [-0.15, -0.1) is 4.79 Å². The van der Waals surface area contributed by atoms with Gasteiger partial charge in [0.2, 0.25) is 5.95 Å². The first-order valence-electron chi connectivity index (χ1n) is 6.36. The summed E-state index contributed by atoms with van der Waals surface area (Å²) in [4.78, 5) is 18.6. The molecule has 120 valence electrons. The van der Waals surface area contributed by atoms with Gasteiger partial charge in [0, 0.05) is 0 Å². The van der Waals surface area contributed by atoms with Crippen LogP contribution >= 0.6 is 0 Å². The van der Waals surface area contributed by atoms with Gasteiger partial charge in [0.25, 0.3) is 0 Å². The molecule has 2 aromatic rings. The molecule has 1 aliphatic rings. The zero-order chi connectivity index (χ0) is 16.2. The Morgan fingerprint density at radius 3 is 2.82 bits per heavy atom. The molecule has 0 amide bonds. The quantitative estimate of drug-likeness (QED) is 0.493. The third-order valence-corrected chi connectivity index (χ3v) is 3.79. The fourth-order valence-electron chi connectivity index (χ4n) is 2.48. The molecule has 1 aliphatic heterocycles. The van der Waals surface area contributed by atoms with E-state index in [4.69, 9.17) is 10.5 Å². The smallest absolute Gasteiger partial charge is 0.302 e.